The van der Waals surface area contributed by atoms with Crippen molar-refractivity contribution >= 4 is 17.7 Å². The lowest BCUT2D eigenvalue weighted by Gasteiger charge is -2.38. The van der Waals surface area contributed by atoms with Gasteiger partial charge in [0.2, 0.25) is 0 Å². The van der Waals surface area contributed by atoms with Gasteiger partial charge in [0.1, 0.15) is 23.4 Å². The van der Waals surface area contributed by atoms with E-state index in [4.69, 9.17) is 14.2 Å². The van der Waals surface area contributed by atoms with Crippen molar-refractivity contribution in [1.29, 1.82) is 0 Å². The molecule has 10 nitrogen and oxygen atoms in total. The van der Waals surface area contributed by atoms with Crippen LogP contribution in [0.15, 0.2) is 60.8 Å². The molecular weight excluding hydrogens is 507 g/mol. The second-order valence-electron chi connectivity index (χ2n) is 9.22. The van der Waals surface area contributed by atoms with E-state index < -0.39 is 29.8 Å². The highest BCUT2D eigenvalue weighted by Gasteiger charge is 2.35. The van der Waals surface area contributed by atoms with Gasteiger partial charge in [-0.1, -0.05) is 6.07 Å². The van der Waals surface area contributed by atoms with Gasteiger partial charge in [-0.3, -0.25) is 19.4 Å². The standard InChI is InChI=1S/C28H27FN4O6/c1-37-24-6-5-18-12-25(24)38-16-26(34)32-22-15-33(28(36)21-4-2-3-8-30-21)9-7-23(22)39-20-11-17(10-19(29)13-20)14-31-27(18)35/h2-6,8,10-13,22-23H,7,9,14-16H2,1H3,(H,31,35)(H,32,34)/t22-,23+/m1/s1. The highest BCUT2D eigenvalue weighted by molar-refractivity contribution is 5.95. The minimum absolute atomic E-state index is 0.0619. The van der Waals surface area contributed by atoms with Crippen molar-refractivity contribution in [2.75, 3.05) is 26.8 Å². The van der Waals surface area contributed by atoms with E-state index >= 15 is 0 Å². The number of amides is 3. The zero-order chi connectivity index (χ0) is 27.4. The van der Waals surface area contributed by atoms with Crippen LogP contribution < -0.4 is 24.8 Å². The van der Waals surface area contributed by atoms with E-state index in [-0.39, 0.29) is 42.7 Å². The van der Waals surface area contributed by atoms with E-state index in [9.17, 15) is 18.8 Å². The number of benzene rings is 2. The van der Waals surface area contributed by atoms with Crippen molar-refractivity contribution in [2.45, 2.75) is 25.1 Å². The van der Waals surface area contributed by atoms with E-state index in [1.807, 2.05) is 0 Å². The molecule has 2 aliphatic heterocycles. The number of pyridine rings is 1. The molecule has 0 saturated carbocycles. The van der Waals surface area contributed by atoms with Crippen LogP contribution in [0, 0.1) is 5.82 Å². The number of hydrogen-bond acceptors (Lipinski definition) is 7. The molecule has 2 aliphatic rings. The molecule has 1 fully saturated rings. The van der Waals surface area contributed by atoms with Crippen LogP contribution in [0.1, 0.15) is 32.8 Å². The van der Waals surface area contributed by atoms with Crippen molar-refractivity contribution in [3.63, 3.8) is 0 Å². The van der Waals surface area contributed by atoms with Crippen LogP contribution >= 0.6 is 0 Å². The summed E-state index contributed by atoms with van der Waals surface area (Å²) in [5, 5.41) is 5.66. The number of piperidine rings is 1. The zero-order valence-electron chi connectivity index (χ0n) is 21.2. The predicted molar refractivity (Wildman–Crippen MR) is 137 cm³/mol. The number of rotatable bonds is 2. The number of carbonyl (C=O) groups is 3. The number of likely N-dealkylation sites (tertiary alicyclic amines) is 1. The van der Waals surface area contributed by atoms with Crippen LogP contribution in [0.3, 0.4) is 0 Å². The quantitative estimate of drug-likeness (QED) is 0.518. The Labute approximate surface area is 224 Å². The summed E-state index contributed by atoms with van der Waals surface area (Å²) in [6.45, 7) is 0.198. The van der Waals surface area contributed by atoms with Crippen LogP contribution in [0.4, 0.5) is 4.39 Å². The number of nitrogens with one attached hydrogen (secondary N) is 2. The van der Waals surface area contributed by atoms with Gasteiger partial charge in [-0.15, -0.1) is 0 Å². The highest BCUT2D eigenvalue weighted by Crippen LogP contribution is 2.29. The molecule has 0 aliphatic carbocycles. The Kier molecular flexibility index (Phi) is 7.57. The average molecular weight is 535 g/mol. The Morgan fingerprint density at radius 2 is 2.03 bits per heavy atom. The van der Waals surface area contributed by atoms with Gasteiger partial charge in [0.15, 0.2) is 18.1 Å². The first-order chi connectivity index (χ1) is 18.9. The van der Waals surface area contributed by atoms with Gasteiger partial charge < -0.3 is 29.7 Å². The minimum atomic E-state index is -0.616. The second kappa shape index (κ2) is 11.4. The van der Waals surface area contributed by atoms with Gasteiger partial charge in [-0.2, -0.15) is 0 Å². The number of methoxy groups -OCH3 is 1. The maximum Gasteiger partial charge on any atom is 0.272 e. The summed E-state index contributed by atoms with van der Waals surface area (Å²) in [5.41, 5.74) is 1.07. The van der Waals surface area contributed by atoms with Gasteiger partial charge >= 0.3 is 0 Å². The summed E-state index contributed by atoms with van der Waals surface area (Å²) < 4.78 is 31.7. The van der Waals surface area contributed by atoms with Gasteiger partial charge in [-0.25, -0.2) is 4.39 Å². The lowest BCUT2D eigenvalue weighted by atomic mass is 10.0. The first-order valence-corrected chi connectivity index (χ1v) is 12.4. The lowest BCUT2D eigenvalue weighted by molar-refractivity contribution is -0.125. The average Bonchev–Trinajstić information content (AvgIpc) is 2.95. The molecular formula is C28H27FN4O6. The molecule has 0 spiro atoms. The lowest BCUT2D eigenvalue weighted by Crippen LogP contribution is -2.58. The summed E-state index contributed by atoms with van der Waals surface area (Å²) >= 11 is 0. The molecule has 3 aromatic rings. The normalized spacial score (nSPS) is 19.5. The number of carbonyl (C=O) groups excluding carboxylic acids is 3. The van der Waals surface area contributed by atoms with E-state index in [1.54, 1.807) is 47.5 Å². The summed E-state index contributed by atoms with van der Waals surface area (Å²) in [6, 6.07) is 13.3. The topological polar surface area (TPSA) is 119 Å². The molecule has 0 unspecified atom stereocenters. The molecule has 202 valence electrons. The largest absolute Gasteiger partial charge is 0.493 e. The molecule has 2 aromatic carbocycles. The van der Waals surface area contributed by atoms with Crippen molar-refractivity contribution < 1.29 is 33.0 Å². The van der Waals surface area contributed by atoms with E-state index in [2.05, 4.69) is 15.6 Å². The van der Waals surface area contributed by atoms with Gasteiger partial charge in [-0.05, 0) is 48.0 Å². The Bertz CT molecular complexity index is 1390. The fraction of sp³-hybridized carbons (Fsp3) is 0.286. The smallest absolute Gasteiger partial charge is 0.272 e. The summed E-state index contributed by atoms with van der Waals surface area (Å²) in [7, 11) is 1.45. The molecule has 3 amide bonds. The Morgan fingerprint density at radius 1 is 1.15 bits per heavy atom. The molecule has 3 heterocycles. The maximum absolute atomic E-state index is 14.5. The Morgan fingerprint density at radius 3 is 2.82 bits per heavy atom. The molecule has 2 N–H and O–H groups in total. The fourth-order valence-electron chi connectivity index (χ4n) is 4.62. The molecule has 2 atom stereocenters. The van der Waals surface area contributed by atoms with Crippen molar-refractivity contribution in [3.8, 4) is 17.2 Å². The van der Waals surface area contributed by atoms with Crippen molar-refractivity contribution in [2.24, 2.45) is 0 Å². The van der Waals surface area contributed by atoms with Crippen LogP contribution in [0.25, 0.3) is 0 Å². The Hall–Kier alpha value is -4.67. The van der Waals surface area contributed by atoms with Crippen LogP contribution in [0.2, 0.25) is 0 Å². The molecule has 11 heteroatoms. The predicted octanol–water partition coefficient (Wildman–Crippen LogP) is 2.33. The highest BCUT2D eigenvalue weighted by atomic mass is 19.1. The maximum atomic E-state index is 14.5. The number of ether oxygens (including phenoxy) is 3. The third-order valence-corrected chi connectivity index (χ3v) is 6.52. The third-order valence-electron chi connectivity index (χ3n) is 6.52. The Balaban J connectivity index is 1.44. The first kappa shape index (κ1) is 26.0. The third kappa shape index (κ3) is 6.08. The molecule has 1 saturated heterocycles. The SMILES string of the molecule is COc1ccc2cc1OCC(=O)N[C@@H]1CN(C(=O)c3ccccn3)CC[C@@H]1Oc1cc(F)cc(c1)CNC2=O. The van der Waals surface area contributed by atoms with Crippen LogP contribution in [-0.4, -0.2) is 66.6 Å². The van der Waals surface area contributed by atoms with Gasteiger partial charge in [0.25, 0.3) is 17.7 Å². The van der Waals surface area contributed by atoms with Crippen LogP contribution in [-0.2, 0) is 11.3 Å². The van der Waals surface area contributed by atoms with E-state index in [1.165, 1.54) is 25.3 Å². The van der Waals surface area contributed by atoms with Crippen molar-refractivity contribution in [1.82, 2.24) is 20.5 Å². The van der Waals surface area contributed by atoms with E-state index in [0.29, 0.717) is 30.0 Å². The minimum Gasteiger partial charge on any atom is -0.493 e. The van der Waals surface area contributed by atoms with Gasteiger partial charge in [0.05, 0.1) is 13.2 Å². The number of nitrogens with zero attached hydrogens (tertiary/aromatic N) is 2. The first-order valence-electron chi connectivity index (χ1n) is 12.4. The summed E-state index contributed by atoms with van der Waals surface area (Å²) in [5.74, 6) is -0.855. The van der Waals surface area contributed by atoms with Gasteiger partial charge in [0, 0.05) is 43.9 Å². The van der Waals surface area contributed by atoms with Crippen LogP contribution in [0.5, 0.6) is 17.2 Å². The van der Waals surface area contributed by atoms with E-state index in [0.717, 1.165) is 0 Å². The summed E-state index contributed by atoms with van der Waals surface area (Å²) in [4.78, 5) is 44.5. The fourth-order valence-corrected chi connectivity index (χ4v) is 4.62. The summed E-state index contributed by atoms with van der Waals surface area (Å²) in [6.07, 6.45) is 1.36. The second-order valence-corrected chi connectivity index (χ2v) is 9.22. The zero-order valence-corrected chi connectivity index (χ0v) is 21.2. The number of halogens is 1. The molecule has 4 bridgehead atoms. The number of aromatic nitrogens is 1. The monoisotopic (exact) mass is 534 g/mol. The molecule has 0 radical (unpaired) electrons. The molecule has 5 rings (SSSR count). The van der Waals surface area contributed by atoms with Crippen molar-refractivity contribution in [3.05, 3.63) is 83.4 Å². The molecule has 1 aromatic heterocycles. The number of hydrogen-bond donors (Lipinski definition) is 2. The number of fused-ring (bicyclic) bond motifs is 5. The molecule has 39 heavy (non-hydrogen) atoms.